The van der Waals surface area contributed by atoms with Crippen LogP contribution >= 0.6 is 0 Å². The lowest BCUT2D eigenvalue weighted by Gasteiger charge is -2.29. The Bertz CT molecular complexity index is 1690. The number of amides is 7. The molecule has 0 bridgehead atoms. The molecular formula is C37H64BN11O17. The molecule has 14 N–H and O–H groups in total. The molecule has 1 aliphatic heterocycles. The van der Waals surface area contributed by atoms with Gasteiger partial charge in [-0.15, -0.1) is 0 Å². The quantitative estimate of drug-likeness (QED) is 0.0210. The van der Waals surface area contributed by atoms with Crippen LogP contribution in [-0.4, -0.2) is 233 Å². The summed E-state index contributed by atoms with van der Waals surface area (Å²) in [5.41, 5.74) is 0. The van der Waals surface area contributed by atoms with Gasteiger partial charge in [-0.05, 0) is 32.1 Å². The highest BCUT2D eigenvalue weighted by atomic mass is 16.4. The smallest absolute Gasteiger partial charge is 0.475 e. The summed E-state index contributed by atoms with van der Waals surface area (Å²) in [7, 11) is -1.73. The Kier molecular flexibility index (Phi) is 27.3. The van der Waals surface area contributed by atoms with Crippen molar-refractivity contribution < 1.29 is 83.2 Å². The Labute approximate surface area is 380 Å². The van der Waals surface area contributed by atoms with Gasteiger partial charge in [-0.1, -0.05) is 13.8 Å². The minimum atomic E-state index is -1.73. The van der Waals surface area contributed by atoms with E-state index in [9.17, 15) is 78.1 Å². The first kappa shape index (κ1) is 58.0. The van der Waals surface area contributed by atoms with Crippen molar-refractivity contribution in [3.8, 4) is 0 Å². The Morgan fingerprint density at radius 3 is 1.61 bits per heavy atom. The summed E-state index contributed by atoms with van der Waals surface area (Å²) in [6.45, 7) is 1.99. The molecular weight excluding hydrogens is 881 g/mol. The number of aliphatic carboxylic acids is 4. The van der Waals surface area contributed by atoms with Crippen LogP contribution in [0.2, 0.25) is 0 Å². The topological polar surface area (TPSA) is 415 Å². The van der Waals surface area contributed by atoms with Crippen molar-refractivity contribution in [1.82, 2.24) is 57.2 Å². The fraction of sp³-hybridized carbons (Fsp3) is 0.703. The van der Waals surface area contributed by atoms with E-state index in [1.807, 2.05) is 0 Å². The third-order valence-corrected chi connectivity index (χ3v) is 9.81. The van der Waals surface area contributed by atoms with Gasteiger partial charge in [0.15, 0.2) is 0 Å². The van der Waals surface area contributed by atoms with Crippen LogP contribution in [0.5, 0.6) is 0 Å². The first-order valence-electron chi connectivity index (χ1n) is 21.1. The fourth-order valence-electron chi connectivity index (χ4n) is 6.36. The number of hydrogen-bond acceptors (Lipinski definition) is 17. The Balaban J connectivity index is 2.43. The van der Waals surface area contributed by atoms with Crippen LogP contribution in [0.3, 0.4) is 0 Å². The highest BCUT2D eigenvalue weighted by Gasteiger charge is 2.39. The molecule has 1 fully saturated rings. The predicted octanol–water partition coefficient (Wildman–Crippen LogP) is -7.63. The van der Waals surface area contributed by atoms with E-state index in [1.165, 1.54) is 21.6 Å². The number of carbonyl (C=O) groups excluding carboxylic acids is 7. The van der Waals surface area contributed by atoms with Crippen LogP contribution in [0.1, 0.15) is 46.5 Å². The van der Waals surface area contributed by atoms with Gasteiger partial charge in [0.05, 0.1) is 51.8 Å². The van der Waals surface area contributed by atoms with E-state index in [0.29, 0.717) is 12.8 Å². The molecule has 0 spiro atoms. The summed E-state index contributed by atoms with van der Waals surface area (Å²) in [5.74, 6) is -11.0. The van der Waals surface area contributed by atoms with E-state index >= 15 is 0 Å². The number of carboxylic acids is 4. The van der Waals surface area contributed by atoms with E-state index in [2.05, 4.69) is 42.5 Å². The number of likely N-dealkylation sites (tertiary alicyclic amines) is 1. The highest BCUT2D eigenvalue weighted by molar-refractivity contribution is 6.43. The van der Waals surface area contributed by atoms with Gasteiger partial charge < -0.3 is 77.9 Å². The molecule has 4 atom stereocenters. The molecule has 0 aromatic rings. The summed E-state index contributed by atoms with van der Waals surface area (Å²) in [6.07, 6.45) is 0.386. The van der Waals surface area contributed by atoms with Crippen molar-refractivity contribution in [2.24, 2.45) is 5.92 Å². The SMILES string of the molecule is CC(C)[C@H](NC(=O)CNC(=O)CNC(=O)CNC(=O)CNC(=O)CCC(NCCN(CCN(CCNCC(=O)O)CC(=O)O)CC(=O)O)C(=O)O)C(=O)N[C@H](C)C(=O)N1CCC[C@H]1B(O)O. The summed E-state index contributed by atoms with van der Waals surface area (Å²) < 4.78 is 0. The zero-order valence-electron chi connectivity index (χ0n) is 37.2. The van der Waals surface area contributed by atoms with E-state index in [4.69, 9.17) is 5.11 Å². The molecule has 1 heterocycles. The lowest BCUT2D eigenvalue weighted by atomic mass is 9.78. The predicted molar refractivity (Wildman–Crippen MR) is 229 cm³/mol. The Morgan fingerprint density at radius 2 is 1.14 bits per heavy atom. The van der Waals surface area contributed by atoms with Gasteiger partial charge in [0, 0.05) is 52.2 Å². The zero-order chi connectivity index (χ0) is 49.9. The average molecular weight is 946 g/mol. The fourth-order valence-corrected chi connectivity index (χ4v) is 6.36. The number of rotatable bonds is 34. The molecule has 1 aliphatic rings. The van der Waals surface area contributed by atoms with Crippen molar-refractivity contribution in [2.45, 2.75) is 70.5 Å². The molecule has 372 valence electrons. The Morgan fingerprint density at radius 1 is 0.636 bits per heavy atom. The lowest BCUT2D eigenvalue weighted by Crippen LogP contribution is -2.57. The van der Waals surface area contributed by atoms with E-state index in [1.54, 1.807) is 13.8 Å². The van der Waals surface area contributed by atoms with Crippen LogP contribution in [0.4, 0.5) is 0 Å². The van der Waals surface area contributed by atoms with Gasteiger partial charge in [0.2, 0.25) is 41.4 Å². The van der Waals surface area contributed by atoms with Crippen molar-refractivity contribution in [1.29, 1.82) is 0 Å². The van der Waals surface area contributed by atoms with Crippen LogP contribution in [-0.2, 0) is 52.7 Å². The largest absolute Gasteiger partial charge is 0.480 e. The third kappa shape index (κ3) is 24.9. The molecule has 0 aromatic heterocycles. The highest BCUT2D eigenvalue weighted by Crippen LogP contribution is 2.19. The van der Waals surface area contributed by atoms with Crippen molar-refractivity contribution in [2.75, 3.05) is 91.6 Å². The van der Waals surface area contributed by atoms with Crippen LogP contribution in [0.25, 0.3) is 0 Å². The van der Waals surface area contributed by atoms with Crippen LogP contribution in [0, 0.1) is 5.92 Å². The molecule has 66 heavy (non-hydrogen) atoms. The molecule has 0 saturated carbocycles. The van der Waals surface area contributed by atoms with Gasteiger partial charge in [0.1, 0.15) is 18.1 Å². The molecule has 0 radical (unpaired) electrons. The van der Waals surface area contributed by atoms with Gasteiger partial charge >= 0.3 is 31.0 Å². The first-order valence-corrected chi connectivity index (χ1v) is 21.1. The number of hydrogen-bond donors (Lipinski definition) is 14. The van der Waals surface area contributed by atoms with Gasteiger partial charge in [-0.25, -0.2) is 0 Å². The lowest BCUT2D eigenvalue weighted by molar-refractivity contribution is -0.141. The second-order valence-corrected chi connectivity index (χ2v) is 15.6. The van der Waals surface area contributed by atoms with Gasteiger partial charge in [0.25, 0.3) is 0 Å². The normalized spacial score (nSPS) is 14.7. The zero-order valence-corrected chi connectivity index (χ0v) is 37.2. The molecule has 1 rings (SSSR count). The second-order valence-electron chi connectivity index (χ2n) is 15.6. The molecule has 1 saturated heterocycles. The molecule has 7 amide bonds. The second kappa shape index (κ2) is 31.0. The minimum Gasteiger partial charge on any atom is -0.480 e. The van der Waals surface area contributed by atoms with Gasteiger partial charge in [-0.2, -0.15) is 0 Å². The van der Waals surface area contributed by atoms with Gasteiger partial charge in [-0.3, -0.25) is 62.5 Å². The molecule has 29 heteroatoms. The standard InChI is InChI=1S/C37H64BN11O17/c1-22(2)34(35(61)45-23(3)36(62)49-10-4-5-25(49)38(65)66)46-30(54)18-44-29(53)17-43-28(52)16-42-27(51)15-41-26(50)7-6-24(37(63)64)40-9-12-48(21-33(59)60)14-13-47(20-32(57)58)11-8-39-19-31(55)56/h22-25,34,39-40,65-66H,4-21H2,1-3H3,(H,41,50)(H,42,51)(H,43,52)(H,44,53)(H,45,61)(H,46,54)(H,55,56)(H,57,58)(H,59,60)(H,63,64)/t23-,24?,25+,34+/m1/s1. The summed E-state index contributed by atoms with van der Waals surface area (Å²) >= 11 is 0. The maximum atomic E-state index is 13.0. The molecule has 1 unspecified atom stereocenters. The maximum absolute atomic E-state index is 13.0. The molecule has 0 aromatic carbocycles. The summed E-state index contributed by atoms with van der Waals surface area (Å²) in [4.78, 5) is 137. The van der Waals surface area contributed by atoms with E-state index in [0.717, 1.165) is 0 Å². The molecule has 0 aliphatic carbocycles. The van der Waals surface area contributed by atoms with Crippen molar-refractivity contribution in [3.63, 3.8) is 0 Å². The maximum Gasteiger partial charge on any atom is 0.475 e. The van der Waals surface area contributed by atoms with Crippen LogP contribution in [0.15, 0.2) is 0 Å². The van der Waals surface area contributed by atoms with E-state index in [-0.39, 0.29) is 71.7 Å². The van der Waals surface area contributed by atoms with Crippen LogP contribution < -0.4 is 42.5 Å². The number of carbonyl (C=O) groups is 11. The molecule has 28 nitrogen and oxygen atoms in total. The number of nitrogens with zero attached hydrogens (tertiary/aromatic N) is 3. The number of nitrogens with one attached hydrogen (secondary N) is 8. The first-order chi connectivity index (χ1) is 31.0. The summed E-state index contributed by atoms with van der Waals surface area (Å²) in [6, 6.07) is -3.39. The number of carboxylic acid groups (broad SMARTS) is 4. The summed E-state index contributed by atoms with van der Waals surface area (Å²) in [5, 5.41) is 75.3. The monoisotopic (exact) mass is 945 g/mol. The Hall–Kier alpha value is -6.01. The van der Waals surface area contributed by atoms with E-state index < -0.39 is 135 Å². The van der Waals surface area contributed by atoms with Crippen molar-refractivity contribution in [3.05, 3.63) is 0 Å². The minimum absolute atomic E-state index is 0.0302. The van der Waals surface area contributed by atoms with Crippen molar-refractivity contribution >= 4 is 72.3 Å². The average Bonchev–Trinajstić information content (AvgIpc) is 3.73. The third-order valence-electron chi connectivity index (χ3n) is 9.81.